The summed E-state index contributed by atoms with van der Waals surface area (Å²) in [6.45, 7) is 1.45. The van der Waals surface area contributed by atoms with Crippen LogP contribution in [0.25, 0.3) is 0 Å². The Morgan fingerprint density at radius 2 is 2.38 bits per heavy atom. The number of nitrogen functional groups attached to an aromatic ring is 1. The minimum Gasteiger partial charge on any atom is -0.466 e. The topological polar surface area (TPSA) is 86.7 Å². The summed E-state index contributed by atoms with van der Waals surface area (Å²) in [5.41, 5.74) is 2.44. The van der Waals surface area contributed by atoms with Crippen molar-refractivity contribution in [2.45, 2.75) is 13.0 Å². The third-order valence-electron chi connectivity index (χ3n) is 1.99. The Balaban J connectivity index is 2.36. The van der Waals surface area contributed by atoms with Gasteiger partial charge in [-0.25, -0.2) is 5.84 Å². The molecule has 1 rings (SSSR count). The molecule has 1 heterocycles. The number of hydrazine groups is 1. The van der Waals surface area contributed by atoms with Gasteiger partial charge in [-0.3, -0.25) is 10.2 Å². The molecule has 0 atom stereocenters. The first-order valence-electron chi connectivity index (χ1n) is 4.93. The summed E-state index contributed by atoms with van der Waals surface area (Å²) in [6, 6.07) is 1.55. The number of rotatable bonds is 7. The number of carbonyl (C=O) groups is 1. The lowest BCUT2D eigenvalue weighted by Crippen LogP contribution is -2.30. The molecule has 1 aromatic heterocycles. The normalized spacial score (nSPS) is 10.4. The Morgan fingerprint density at radius 3 is 3.06 bits per heavy atom. The summed E-state index contributed by atoms with van der Waals surface area (Å²) in [6.07, 6.45) is 2.23. The fourth-order valence-electron chi connectivity index (χ4n) is 1.20. The van der Waals surface area contributed by atoms with Gasteiger partial charge >= 0.3 is 0 Å². The molecule has 1 aromatic rings. The summed E-state index contributed by atoms with van der Waals surface area (Å²) >= 11 is 0. The Morgan fingerprint density at radius 1 is 1.56 bits per heavy atom. The second kappa shape index (κ2) is 7.00. The van der Waals surface area contributed by atoms with Crippen LogP contribution in [0.5, 0.6) is 0 Å². The van der Waals surface area contributed by atoms with Gasteiger partial charge in [0.05, 0.1) is 11.8 Å². The van der Waals surface area contributed by atoms with E-state index in [-0.39, 0.29) is 12.5 Å². The van der Waals surface area contributed by atoms with Gasteiger partial charge in [-0.1, -0.05) is 0 Å². The molecule has 6 heteroatoms. The molecule has 0 bridgehead atoms. The minimum atomic E-state index is -0.385. The Hall–Kier alpha value is -1.37. The lowest BCUT2D eigenvalue weighted by Gasteiger charge is -2.03. The maximum Gasteiger partial charge on any atom is 0.268 e. The lowest BCUT2D eigenvalue weighted by molar-refractivity contribution is 0.0801. The van der Waals surface area contributed by atoms with Crippen molar-refractivity contribution in [3.05, 3.63) is 23.7 Å². The SMILES string of the molecule is COCCCOCc1occc1C(=O)NN. The van der Waals surface area contributed by atoms with Crippen LogP contribution in [-0.4, -0.2) is 26.2 Å². The first-order chi connectivity index (χ1) is 7.79. The van der Waals surface area contributed by atoms with Crippen molar-refractivity contribution < 1.29 is 18.7 Å². The number of furan rings is 1. The molecule has 16 heavy (non-hydrogen) atoms. The summed E-state index contributed by atoms with van der Waals surface area (Å²) in [7, 11) is 1.64. The highest BCUT2D eigenvalue weighted by atomic mass is 16.5. The number of hydrogen-bond acceptors (Lipinski definition) is 5. The number of amides is 1. The molecule has 0 aromatic carbocycles. The Bertz CT molecular complexity index is 324. The summed E-state index contributed by atoms with van der Waals surface area (Å²) < 4.78 is 15.3. The Kier molecular flexibility index (Phi) is 5.55. The van der Waals surface area contributed by atoms with Crippen LogP contribution in [0.15, 0.2) is 16.7 Å². The van der Waals surface area contributed by atoms with Crippen LogP contribution >= 0.6 is 0 Å². The number of carbonyl (C=O) groups excluding carboxylic acids is 1. The van der Waals surface area contributed by atoms with Crippen LogP contribution in [0.4, 0.5) is 0 Å². The minimum absolute atomic E-state index is 0.249. The number of ether oxygens (including phenoxy) is 2. The maximum absolute atomic E-state index is 11.3. The van der Waals surface area contributed by atoms with Gasteiger partial charge in [-0.15, -0.1) is 0 Å². The van der Waals surface area contributed by atoms with Crippen molar-refractivity contribution >= 4 is 5.91 Å². The number of hydrogen-bond donors (Lipinski definition) is 2. The summed E-state index contributed by atoms with van der Waals surface area (Å²) in [5.74, 6) is 5.12. The van der Waals surface area contributed by atoms with Gasteiger partial charge in [0, 0.05) is 20.3 Å². The molecular formula is C10H16N2O4. The molecule has 6 nitrogen and oxygen atoms in total. The smallest absolute Gasteiger partial charge is 0.268 e. The molecule has 0 aliphatic heterocycles. The van der Waals surface area contributed by atoms with Crippen LogP contribution in [-0.2, 0) is 16.1 Å². The molecular weight excluding hydrogens is 212 g/mol. The zero-order chi connectivity index (χ0) is 11.8. The van der Waals surface area contributed by atoms with E-state index in [1.165, 1.54) is 6.26 Å². The van der Waals surface area contributed by atoms with E-state index < -0.39 is 0 Å². The van der Waals surface area contributed by atoms with E-state index in [0.717, 1.165) is 6.42 Å². The number of nitrogens with one attached hydrogen (secondary N) is 1. The first-order valence-corrected chi connectivity index (χ1v) is 4.93. The fraction of sp³-hybridized carbons (Fsp3) is 0.500. The van der Waals surface area contributed by atoms with Crippen LogP contribution in [0, 0.1) is 0 Å². The van der Waals surface area contributed by atoms with Crippen LogP contribution in [0.2, 0.25) is 0 Å². The predicted molar refractivity (Wildman–Crippen MR) is 56.5 cm³/mol. The van der Waals surface area contributed by atoms with Gasteiger partial charge in [0.25, 0.3) is 5.91 Å². The van der Waals surface area contributed by atoms with Gasteiger partial charge in [0.1, 0.15) is 12.4 Å². The van der Waals surface area contributed by atoms with Crippen LogP contribution in [0.1, 0.15) is 22.5 Å². The standard InChI is InChI=1S/C10H16N2O4/c1-14-4-2-5-15-7-9-8(3-6-16-9)10(13)12-11/h3,6H,2,4-5,7,11H2,1H3,(H,12,13). The van der Waals surface area contributed by atoms with Crippen LogP contribution in [0.3, 0.4) is 0 Å². The van der Waals surface area contributed by atoms with E-state index in [0.29, 0.717) is 24.5 Å². The molecule has 0 saturated heterocycles. The summed E-state index contributed by atoms with van der Waals surface area (Å²) in [4.78, 5) is 11.3. The van der Waals surface area contributed by atoms with Gasteiger partial charge < -0.3 is 13.9 Å². The van der Waals surface area contributed by atoms with E-state index in [1.54, 1.807) is 13.2 Å². The fourth-order valence-corrected chi connectivity index (χ4v) is 1.20. The molecule has 0 saturated carbocycles. The highest BCUT2D eigenvalue weighted by Gasteiger charge is 2.13. The van der Waals surface area contributed by atoms with E-state index in [1.807, 2.05) is 5.43 Å². The molecule has 0 aliphatic carbocycles. The largest absolute Gasteiger partial charge is 0.466 e. The predicted octanol–water partition coefficient (Wildman–Crippen LogP) is 0.436. The Labute approximate surface area is 93.7 Å². The van der Waals surface area contributed by atoms with E-state index in [4.69, 9.17) is 19.7 Å². The zero-order valence-electron chi connectivity index (χ0n) is 9.19. The maximum atomic E-state index is 11.3. The van der Waals surface area contributed by atoms with Gasteiger partial charge in [-0.05, 0) is 12.5 Å². The molecule has 1 amide bonds. The number of methoxy groups -OCH3 is 1. The van der Waals surface area contributed by atoms with Crippen LogP contribution < -0.4 is 11.3 Å². The van der Waals surface area contributed by atoms with Crippen molar-refractivity contribution in [2.75, 3.05) is 20.3 Å². The first kappa shape index (κ1) is 12.7. The quantitative estimate of drug-likeness (QED) is 0.306. The molecule has 0 aliphatic rings. The highest BCUT2D eigenvalue weighted by Crippen LogP contribution is 2.11. The second-order valence-electron chi connectivity index (χ2n) is 3.13. The average Bonchev–Trinajstić information content (AvgIpc) is 2.76. The van der Waals surface area contributed by atoms with Crippen molar-refractivity contribution in [1.29, 1.82) is 0 Å². The van der Waals surface area contributed by atoms with Gasteiger partial charge in [0.2, 0.25) is 0 Å². The molecule has 90 valence electrons. The van der Waals surface area contributed by atoms with Crippen molar-refractivity contribution in [3.8, 4) is 0 Å². The summed E-state index contributed by atoms with van der Waals surface area (Å²) in [5, 5.41) is 0. The molecule has 0 radical (unpaired) electrons. The second-order valence-corrected chi connectivity index (χ2v) is 3.13. The number of nitrogens with two attached hydrogens (primary N) is 1. The zero-order valence-corrected chi connectivity index (χ0v) is 9.19. The third kappa shape index (κ3) is 3.65. The molecule has 0 spiro atoms. The van der Waals surface area contributed by atoms with Gasteiger partial charge in [0.15, 0.2) is 0 Å². The monoisotopic (exact) mass is 228 g/mol. The van der Waals surface area contributed by atoms with E-state index >= 15 is 0 Å². The van der Waals surface area contributed by atoms with Crippen molar-refractivity contribution in [3.63, 3.8) is 0 Å². The van der Waals surface area contributed by atoms with Crippen molar-refractivity contribution in [1.82, 2.24) is 5.43 Å². The van der Waals surface area contributed by atoms with Crippen molar-refractivity contribution in [2.24, 2.45) is 5.84 Å². The molecule has 0 unspecified atom stereocenters. The van der Waals surface area contributed by atoms with Gasteiger partial charge in [-0.2, -0.15) is 0 Å². The lowest BCUT2D eigenvalue weighted by atomic mass is 10.2. The average molecular weight is 228 g/mol. The van der Waals surface area contributed by atoms with E-state index in [9.17, 15) is 4.79 Å². The third-order valence-corrected chi connectivity index (χ3v) is 1.99. The van der Waals surface area contributed by atoms with E-state index in [2.05, 4.69) is 0 Å². The highest BCUT2D eigenvalue weighted by molar-refractivity contribution is 5.94. The molecule has 3 N–H and O–H groups in total. The molecule has 0 fully saturated rings.